The van der Waals surface area contributed by atoms with Crippen molar-refractivity contribution in [3.05, 3.63) is 94.5 Å². The van der Waals surface area contributed by atoms with Gasteiger partial charge in [-0.1, -0.05) is 60.2 Å². The van der Waals surface area contributed by atoms with Crippen LogP contribution in [0, 0.1) is 20.8 Å². The van der Waals surface area contributed by atoms with Gasteiger partial charge < -0.3 is 4.74 Å². The van der Waals surface area contributed by atoms with E-state index < -0.39 is 5.97 Å². The molecule has 3 nitrogen and oxygen atoms in total. The lowest BCUT2D eigenvalue weighted by molar-refractivity contribution is 0.0474. The van der Waals surface area contributed by atoms with E-state index in [1.54, 1.807) is 12.1 Å². The molecule has 0 radical (unpaired) electrons. The van der Waals surface area contributed by atoms with Gasteiger partial charge in [-0.3, -0.25) is 4.79 Å². The molecular formula is C24H22O3. The van der Waals surface area contributed by atoms with E-state index in [-0.39, 0.29) is 12.4 Å². The Balaban J connectivity index is 1.67. The van der Waals surface area contributed by atoms with E-state index in [4.69, 9.17) is 4.74 Å². The lowest BCUT2D eigenvalue weighted by Crippen LogP contribution is -2.16. The summed E-state index contributed by atoms with van der Waals surface area (Å²) < 4.78 is 5.24. The van der Waals surface area contributed by atoms with Crippen molar-refractivity contribution >= 4 is 11.8 Å². The second-order valence-corrected chi connectivity index (χ2v) is 6.72. The molecule has 0 N–H and O–H groups in total. The fraction of sp³-hybridized carbons (Fsp3) is 0.167. The predicted molar refractivity (Wildman–Crippen MR) is 107 cm³/mol. The topological polar surface area (TPSA) is 43.4 Å². The van der Waals surface area contributed by atoms with Crippen LogP contribution in [0.1, 0.15) is 37.4 Å². The van der Waals surface area contributed by atoms with Gasteiger partial charge >= 0.3 is 5.97 Å². The second kappa shape index (κ2) is 8.00. The summed E-state index contributed by atoms with van der Waals surface area (Å²) in [4.78, 5) is 24.8. The molecule has 136 valence electrons. The number of carbonyl (C=O) groups excluding carboxylic acids is 2. The standard InChI is InChI=1S/C24H22O3/c1-16-13-17(2)23(18(3)14-16)22(25)15-27-24(26)21-11-9-20(10-12-21)19-7-5-4-6-8-19/h4-14H,15H2,1-3H3. The SMILES string of the molecule is Cc1cc(C)c(C(=O)COC(=O)c2ccc(-c3ccccc3)cc2)c(C)c1. The number of ether oxygens (including phenoxy) is 1. The molecule has 0 saturated heterocycles. The van der Waals surface area contributed by atoms with Crippen LogP contribution in [-0.4, -0.2) is 18.4 Å². The van der Waals surface area contributed by atoms with Crippen LogP contribution in [0.2, 0.25) is 0 Å². The van der Waals surface area contributed by atoms with E-state index in [1.165, 1.54) is 0 Å². The minimum atomic E-state index is -0.495. The van der Waals surface area contributed by atoms with Crippen LogP contribution < -0.4 is 0 Å². The first-order valence-electron chi connectivity index (χ1n) is 8.89. The van der Waals surface area contributed by atoms with Crippen molar-refractivity contribution in [2.24, 2.45) is 0 Å². The number of Topliss-reactive ketones (excluding diaryl/α,β-unsaturated/α-hetero) is 1. The number of ketones is 1. The zero-order chi connectivity index (χ0) is 19.4. The van der Waals surface area contributed by atoms with E-state index in [1.807, 2.05) is 75.4 Å². The van der Waals surface area contributed by atoms with E-state index in [2.05, 4.69) is 0 Å². The van der Waals surface area contributed by atoms with Crippen LogP contribution in [-0.2, 0) is 4.74 Å². The third kappa shape index (κ3) is 4.32. The molecule has 3 aromatic carbocycles. The van der Waals surface area contributed by atoms with Crippen molar-refractivity contribution in [3.63, 3.8) is 0 Å². The molecule has 0 saturated carbocycles. The normalized spacial score (nSPS) is 10.5. The van der Waals surface area contributed by atoms with Gasteiger partial charge in [-0.05, 0) is 55.2 Å². The van der Waals surface area contributed by atoms with Crippen LogP contribution in [0.15, 0.2) is 66.7 Å². The maximum absolute atomic E-state index is 12.5. The third-order valence-electron chi connectivity index (χ3n) is 4.52. The summed E-state index contributed by atoms with van der Waals surface area (Å²) in [6, 6.07) is 21.0. The molecule has 3 rings (SSSR count). The molecule has 0 heterocycles. The van der Waals surface area contributed by atoms with Crippen molar-refractivity contribution in [3.8, 4) is 11.1 Å². The zero-order valence-electron chi connectivity index (χ0n) is 15.8. The number of hydrogen-bond donors (Lipinski definition) is 0. The number of aryl methyl sites for hydroxylation is 3. The van der Waals surface area contributed by atoms with Gasteiger partial charge in [0.2, 0.25) is 5.78 Å². The van der Waals surface area contributed by atoms with Gasteiger partial charge in [0.25, 0.3) is 0 Å². The molecule has 27 heavy (non-hydrogen) atoms. The smallest absolute Gasteiger partial charge is 0.338 e. The van der Waals surface area contributed by atoms with Crippen molar-refractivity contribution in [1.82, 2.24) is 0 Å². The predicted octanol–water partition coefficient (Wildman–Crippen LogP) is 5.32. The summed E-state index contributed by atoms with van der Waals surface area (Å²) in [6.45, 7) is 5.53. The van der Waals surface area contributed by atoms with E-state index in [0.29, 0.717) is 11.1 Å². The largest absolute Gasteiger partial charge is 0.454 e. The van der Waals surface area contributed by atoms with Crippen LogP contribution in [0.5, 0.6) is 0 Å². The molecule has 0 unspecified atom stereocenters. The number of esters is 1. The number of benzene rings is 3. The van der Waals surface area contributed by atoms with Crippen molar-refractivity contribution < 1.29 is 14.3 Å². The molecule has 3 aromatic rings. The van der Waals surface area contributed by atoms with Gasteiger partial charge in [0, 0.05) is 5.56 Å². The van der Waals surface area contributed by atoms with Crippen molar-refractivity contribution in [2.45, 2.75) is 20.8 Å². The molecule has 3 heteroatoms. The van der Waals surface area contributed by atoms with Crippen molar-refractivity contribution in [2.75, 3.05) is 6.61 Å². The Kier molecular flexibility index (Phi) is 5.51. The minimum Gasteiger partial charge on any atom is -0.454 e. The third-order valence-corrected chi connectivity index (χ3v) is 4.52. The Hall–Kier alpha value is -3.20. The molecule has 0 amide bonds. The van der Waals surface area contributed by atoms with Crippen LogP contribution in [0.25, 0.3) is 11.1 Å². The van der Waals surface area contributed by atoms with Gasteiger partial charge in [-0.2, -0.15) is 0 Å². The van der Waals surface area contributed by atoms with Crippen LogP contribution in [0.3, 0.4) is 0 Å². The number of rotatable bonds is 5. The highest BCUT2D eigenvalue weighted by Crippen LogP contribution is 2.20. The average molecular weight is 358 g/mol. The second-order valence-electron chi connectivity index (χ2n) is 6.72. The van der Waals surface area contributed by atoms with Gasteiger partial charge in [-0.15, -0.1) is 0 Å². The summed E-state index contributed by atoms with van der Waals surface area (Å²) in [7, 11) is 0. The highest BCUT2D eigenvalue weighted by atomic mass is 16.5. The highest BCUT2D eigenvalue weighted by molar-refractivity contribution is 6.01. The molecule has 0 atom stereocenters. The lowest BCUT2D eigenvalue weighted by atomic mass is 9.97. The summed E-state index contributed by atoms with van der Waals surface area (Å²) in [6.07, 6.45) is 0. The quantitative estimate of drug-likeness (QED) is 0.458. The Morgan fingerprint density at radius 3 is 1.93 bits per heavy atom. The molecule has 0 bridgehead atoms. The monoisotopic (exact) mass is 358 g/mol. The minimum absolute atomic E-state index is 0.181. The molecule has 0 aliphatic carbocycles. The Morgan fingerprint density at radius 2 is 1.33 bits per heavy atom. The molecule has 0 aliphatic heterocycles. The van der Waals surface area contributed by atoms with Gasteiger partial charge in [0.05, 0.1) is 5.56 Å². The van der Waals surface area contributed by atoms with Crippen molar-refractivity contribution in [1.29, 1.82) is 0 Å². The zero-order valence-corrected chi connectivity index (χ0v) is 15.8. The summed E-state index contributed by atoms with van der Waals surface area (Å²) in [5.74, 6) is -0.676. The Labute approximate surface area is 159 Å². The van der Waals surface area contributed by atoms with Gasteiger partial charge in [0.15, 0.2) is 6.61 Å². The first-order chi connectivity index (χ1) is 13.0. The Bertz CT molecular complexity index is 947. The first-order valence-corrected chi connectivity index (χ1v) is 8.89. The molecular weight excluding hydrogens is 336 g/mol. The van der Waals surface area contributed by atoms with Crippen LogP contribution >= 0.6 is 0 Å². The fourth-order valence-electron chi connectivity index (χ4n) is 3.34. The van der Waals surface area contributed by atoms with E-state index >= 15 is 0 Å². The van der Waals surface area contributed by atoms with Gasteiger partial charge in [0.1, 0.15) is 0 Å². The summed E-state index contributed by atoms with van der Waals surface area (Å²) in [5.41, 5.74) is 6.08. The van der Waals surface area contributed by atoms with Crippen LogP contribution in [0.4, 0.5) is 0 Å². The highest BCUT2D eigenvalue weighted by Gasteiger charge is 2.16. The number of hydrogen-bond acceptors (Lipinski definition) is 3. The number of carbonyl (C=O) groups is 2. The summed E-state index contributed by atoms with van der Waals surface area (Å²) in [5, 5.41) is 0. The van der Waals surface area contributed by atoms with Gasteiger partial charge in [-0.25, -0.2) is 4.79 Å². The lowest BCUT2D eigenvalue weighted by Gasteiger charge is -2.11. The first kappa shape index (κ1) is 18.6. The molecule has 0 spiro atoms. The Morgan fingerprint density at radius 1 is 0.778 bits per heavy atom. The molecule has 0 fully saturated rings. The van der Waals surface area contributed by atoms with E-state index in [9.17, 15) is 9.59 Å². The molecule has 0 aliphatic rings. The molecule has 0 aromatic heterocycles. The summed E-state index contributed by atoms with van der Waals surface area (Å²) >= 11 is 0. The maximum atomic E-state index is 12.5. The fourth-order valence-corrected chi connectivity index (χ4v) is 3.34. The maximum Gasteiger partial charge on any atom is 0.338 e. The van der Waals surface area contributed by atoms with E-state index in [0.717, 1.165) is 27.8 Å². The average Bonchev–Trinajstić information content (AvgIpc) is 2.66.